The monoisotopic (exact) mass is 431 g/mol. The van der Waals surface area contributed by atoms with E-state index in [1.807, 2.05) is 0 Å². The number of nitrogens with zero attached hydrogens (tertiary/aromatic N) is 3. The number of piperazine rings is 1. The van der Waals surface area contributed by atoms with Gasteiger partial charge in [0, 0.05) is 44.9 Å². The first-order valence-electron chi connectivity index (χ1n) is 9.37. The third kappa shape index (κ3) is 6.50. The average molecular weight is 432 g/mol. The van der Waals surface area contributed by atoms with Crippen molar-refractivity contribution in [1.82, 2.24) is 9.80 Å². The third-order valence-corrected chi connectivity index (χ3v) is 4.76. The molecule has 1 saturated heterocycles. The van der Waals surface area contributed by atoms with Gasteiger partial charge in [0.1, 0.15) is 5.82 Å². The number of amides is 1. The second-order valence-electron chi connectivity index (χ2n) is 6.76. The van der Waals surface area contributed by atoms with Crippen LogP contribution in [0.1, 0.15) is 11.1 Å². The standard InChI is InChI=1S/C22H22FN3O3.ClH/c23-20-11-9-18(10-12-20)17-24-13-15-25(16-14-24)22(27)8-4-2-6-19-5-1-3-7-21(19)26(28)29;/h1-12H,13-17H2;1H/b6-2+,8-4+;. The molecule has 0 spiro atoms. The second kappa shape index (κ2) is 11.2. The molecule has 0 unspecified atom stereocenters. The van der Waals surface area contributed by atoms with Crippen LogP contribution < -0.4 is 0 Å². The van der Waals surface area contributed by atoms with Gasteiger partial charge < -0.3 is 4.90 Å². The Morgan fingerprint density at radius 3 is 2.37 bits per heavy atom. The van der Waals surface area contributed by atoms with Crippen molar-refractivity contribution in [3.63, 3.8) is 0 Å². The van der Waals surface area contributed by atoms with Gasteiger partial charge in [-0.15, -0.1) is 12.4 Å². The number of halogens is 2. The first kappa shape index (κ1) is 23.3. The quantitative estimate of drug-likeness (QED) is 0.299. The van der Waals surface area contributed by atoms with Gasteiger partial charge in [-0.3, -0.25) is 19.8 Å². The van der Waals surface area contributed by atoms with E-state index in [1.165, 1.54) is 24.3 Å². The van der Waals surface area contributed by atoms with Gasteiger partial charge in [-0.05, 0) is 29.8 Å². The Morgan fingerprint density at radius 2 is 1.70 bits per heavy atom. The van der Waals surface area contributed by atoms with Gasteiger partial charge in [-0.25, -0.2) is 4.39 Å². The molecule has 1 heterocycles. The molecule has 158 valence electrons. The van der Waals surface area contributed by atoms with E-state index in [4.69, 9.17) is 0 Å². The Morgan fingerprint density at radius 1 is 1.03 bits per heavy atom. The van der Waals surface area contributed by atoms with Gasteiger partial charge in [-0.1, -0.05) is 36.4 Å². The van der Waals surface area contributed by atoms with Gasteiger partial charge in [0.2, 0.25) is 5.91 Å². The number of nitro groups is 1. The Balaban J connectivity index is 0.00000320. The van der Waals surface area contributed by atoms with Gasteiger partial charge in [0.15, 0.2) is 0 Å². The molecule has 30 heavy (non-hydrogen) atoms. The summed E-state index contributed by atoms with van der Waals surface area (Å²) in [5, 5.41) is 11.0. The van der Waals surface area contributed by atoms with Crippen LogP contribution in [0.2, 0.25) is 0 Å². The van der Waals surface area contributed by atoms with Crippen LogP contribution in [0.25, 0.3) is 6.08 Å². The van der Waals surface area contributed by atoms with E-state index < -0.39 is 4.92 Å². The van der Waals surface area contributed by atoms with E-state index in [0.29, 0.717) is 18.7 Å². The van der Waals surface area contributed by atoms with Gasteiger partial charge >= 0.3 is 0 Å². The fraction of sp³-hybridized carbons (Fsp3) is 0.227. The van der Waals surface area contributed by atoms with Crippen molar-refractivity contribution in [3.8, 4) is 0 Å². The van der Waals surface area contributed by atoms with Crippen molar-refractivity contribution in [1.29, 1.82) is 0 Å². The van der Waals surface area contributed by atoms with Crippen molar-refractivity contribution in [2.24, 2.45) is 0 Å². The summed E-state index contributed by atoms with van der Waals surface area (Å²) in [5.74, 6) is -0.328. The molecule has 2 aromatic carbocycles. The highest BCUT2D eigenvalue weighted by molar-refractivity contribution is 5.88. The number of allylic oxidation sites excluding steroid dienone is 2. The maximum absolute atomic E-state index is 13.0. The van der Waals surface area contributed by atoms with Crippen LogP contribution in [0.3, 0.4) is 0 Å². The molecule has 6 nitrogen and oxygen atoms in total. The van der Waals surface area contributed by atoms with Crippen LogP contribution in [-0.4, -0.2) is 46.8 Å². The molecule has 1 aliphatic rings. The second-order valence-corrected chi connectivity index (χ2v) is 6.76. The Kier molecular flexibility index (Phi) is 8.70. The maximum atomic E-state index is 13.0. The largest absolute Gasteiger partial charge is 0.337 e. The number of hydrogen-bond acceptors (Lipinski definition) is 4. The zero-order chi connectivity index (χ0) is 20.6. The molecule has 0 atom stereocenters. The summed E-state index contributed by atoms with van der Waals surface area (Å²) in [4.78, 5) is 26.9. The lowest BCUT2D eigenvalue weighted by molar-refractivity contribution is -0.385. The van der Waals surface area contributed by atoms with E-state index in [-0.39, 0.29) is 29.8 Å². The van der Waals surface area contributed by atoms with Gasteiger partial charge in [0.25, 0.3) is 5.69 Å². The van der Waals surface area contributed by atoms with Crippen LogP contribution in [0.15, 0.2) is 66.8 Å². The number of para-hydroxylation sites is 1. The van der Waals surface area contributed by atoms with Crippen LogP contribution in [0.5, 0.6) is 0 Å². The Hall–Kier alpha value is -3.03. The molecule has 3 rings (SSSR count). The summed E-state index contributed by atoms with van der Waals surface area (Å²) in [6.07, 6.45) is 6.32. The third-order valence-electron chi connectivity index (χ3n) is 4.76. The Bertz CT molecular complexity index is 923. The fourth-order valence-electron chi connectivity index (χ4n) is 3.17. The highest BCUT2D eigenvalue weighted by Crippen LogP contribution is 2.19. The first-order chi connectivity index (χ1) is 14.0. The zero-order valence-corrected chi connectivity index (χ0v) is 17.1. The first-order valence-corrected chi connectivity index (χ1v) is 9.37. The van der Waals surface area contributed by atoms with Crippen LogP contribution >= 0.6 is 12.4 Å². The minimum atomic E-state index is -0.431. The van der Waals surface area contributed by atoms with E-state index in [1.54, 1.807) is 53.5 Å². The molecular formula is C22H23ClFN3O3. The number of benzene rings is 2. The molecule has 1 aliphatic heterocycles. The summed E-state index contributed by atoms with van der Waals surface area (Å²) < 4.78 is 13.0. The number of carbonyl (C=O) groups is 1. The number of hydrogen-bond donors (Lipinski definition) is 0. The van der Waals surface area contributed by atoms with E-state index >= 15 is 0 Å². The molecule has 0 radical (unpaired) electrons. The fourth-order valence-corrected chi connectivity index (χ4v) is 3.17. The van der Waals surface area contributed by atoms with Crippen molar-refractivity contribution in [2.75, 3.05) is 26.2 Å². The molecule has 0 saturated carbocycles. The minimum Gasteiger partial charge on any atom is -0.337 e. The molecule has 1 amide bonds. The topological polar surface area (TPSA) is 66.7 Å². The highest BCUT2D eigenvalue weighted by atomic mass is 35.5. The molecule has 1 fully saturated rings. The number of carbonyl (C=O) groups excluding carboxylic acids is 1. The molecule has 0 aromatic heterocycles. The smallest absolute Gasteiger partial charge is 0.276 e. The molecule has 0 bridgehead atoms. The predicted octanol–water partition coefficient (Wildman–Crippen LogP) is 4.07. The summed E-state index contributed by atoms with van der Waals surface area (Å²) in [6, 6.07) is 12.9. The lowest BCUT2D eigenvalue weighted by atomic mass is 10.1. The minimum absolute atomic E-state index is 0. The lowest BCUT2D eigenvalue weighted by Crippen LogP contribution is -2.47. The molecule has 8 heteroatoms. The lowest BCUT2D eigenvalue weighted by Gasteiger charge is -2.34. The van der Waals surface area contributed by atoms with Crippen LogP contribution in [-0.2, 0) is 11.3 Å². The number of nitro benzene ring substituents is 1. The van der Waals surface area contributed by atoms with Crippen molar-refractivity contribution >= 4 is 30.1 Å². The SMILES string of the molecule is Cl.O=C(/C=C/C=C/c1ccccc1[N+](=O)[O-])N1CCN(Cc2ccc(F)cc2)CC1. The van der Waals surface area contributed by atoms with Crippen molar-refractivity contribution < 1.29 is 14.1 Å². The van der Waals surface area contributed by atoms with Gasteiger partial charge in [0.05, 0.1) is 10.5 Å². The van der Waals surface area contributed by atoms with E-state index in [2.05, 4.69) is 4.90 Å². The summed E-state index contributed by atoms with van der Waals surface area (Å²) >= 11 is 0. The molecule has 0 N–H and O–H groups in total. The molecular weight excluding hydrogens is 409 g/mol. The van der Waals surface area contributed by atoms with E-state index in [0.717, 1.165) is 25.2 Å². The predicted molar refractivity (Wildman–Crippen MR) is 117 cm³/mol. The average Bonchev–Trinajstić information content (AvgIpc) is 2.73. The van der Waals surface area contributed by atoms with Crippen molar-refractivity contribution in [2.45, 2.75) is 6.54 Å². The summed E-state index contributed by atoms with van der Waals surface area (Å²) in [5.41, 5.74) is 1.57. The Labute approximate surface area is 180 Å². The highest BCUT2D eigenvalue weighted by Gasteiger charge is 2.19. The zero-order valence-electron chi connectivity index (χ0n) is 16.3. The van der Waals surface area contributed by atoms with E-state index in [9.17, 15) is 19.3 Å². The molecule has 2 aromatic rings. The van der Waals surface area contributed by atoms with Crippen LogP contribution in [0.4, 0.5) is 10.1 Å². The normalized spacial score (nSPS) is 14.8. The summed E-state index contributed by atoms with van der Waals surface area (Å²) in [7, 11) is 0. The van der Waals surface area contributed by atoms with Crippen molar-refractivity contribution in [3.05, 3.63) is 93.8 Å². The van der Waals surface area contributed by atoms with Gasteiger partial charge in [-0.2, -0.15) is 0 Å². The maximum Gasteiger partial charge on any atom is 0.276 e. The summed E-state index contributed by atoms with van der Waals surface area (Å²) in [6.45, 7) is 3.49. The molecule has 0 aliphatic carbocycles. The number of rotatable bonds is 6. The van der Waals surface area contributed by atoms with Crippen LogP contribution in [0, 0.1) is 15.9 Å².